The quantitative estimate of drug-likeness (QED) is 0.160. The van der Waals surface area contributed by atoms with E-state index in [0.717, 1.165) is 99.6 Å². The van der Waals surface area contributed by atoms with E-state index in [-0.39, 0.29) is 0 Å². The second-order valence-electron chi connectivity index (χ2n) is 18.7. The van der Waals surface area contributed by atoms with E-state index in [0.29, 0.717) is 0 Å². The van der Waals surface area contributed by atoms with Crippen LogP contribution in [0.1, 0.15) is 22.3 Å². The van der Waals surface area contributed by atoms with E-state index in [1.54, 1.807) is 0 Å². The first kappa shape index (κ1) is 39.6. The van der Waals surface area contributed by atoms with Gasteiger partial charge < -0.3 is 18.3 Å². The Kier molecular flexibility index (Phi) is 8.54. The molecule has 15 rings (SSSR count). The fourth-order valence-electron chi connectivity index (χ4n) is 12.1. The number of furan rings is 2. The van der Waals surface area contributed by atoms with Gasteiger partial charge in [-0.15, -0.1) is 0 Å². The number of rotatable bonds is 7. The molecule has 3 heterocycles. The molecule has 4 nitrogen and oxygen atoms in total. The van der Waals surface area contributed by atoms with Crippen molar-refractivity contribution in [1.82, 2.24) is 4.57 Å². The normalized spacial score (nSPS) is 12.9. The summed E-state index contributed by atoms with van der Waals surface area (Å²) in [4.78, 5) is 2.54. The second-order valence-corrected chi connectivity index (χ2v) is 18.7. The van der Waals surface area contributed by atoms with E-state index in [1.807, 2.05) is 12.1 Å². The van der Waals surface area contributed by atoms with Gasteiger partial charge in [0.05, 0.1) is 33.2 Å². The van der Waals surface area contributed by atoms with Crippen molar-refractivity contribution in [2.45, 2.75) is 5.41 Å². The minimum atomic E-state index is -0.581. The Balaban J connectivity index is 1.09. The summed E-state index contributed by atoms with van der Waals surface area (Å²) in [5.74, 6) is 0. The average Bonchev–Trinajstić information content (AvgIpc) is 4.18. The highest BCUT2D eigenvalue weighted by Crippen LogP contribution is 2.61. The van der Waals surface area contributed by atoms with Gasteiger partial charge in [0.15, 0.2) is 0 Å². The van der Waals surface area contributed by atoms with Gasteiger partial charge in [-0.3, -0.25) is 0 Å². The van der Waals surface area contributed by atoms with E-state index in [1.165, 1.54) is 33.4 Å². The molecule has 0 radical (unpaired) electrons. The summed E-state index contributed by atoms with van der Waals surface area (Å²) in [5.41, 5.74) is 18.9. The monoisotopic (exact) mass is 906 g/mol. The summed E-state index contributed by atoms with van der Waals surface area (Å²) in [6.45, 7) is 0. The molecular weight excluding hydrogens is 865 g/mol. The van der Waals surface area contributed by atoms with Crippen LogP contribution in [0.2, 0.25) is 0 Å². The largest absolute Gasteiger partial charge is 0.456 e. The SMILES string of the molecule is c1ccc(N(c2cccc3c2-c2ccccc2C3(c2ccccc2)c2ccccc2)c2c3c(cc4c2c2ccc(-c5ccc6oc7ccccc7c6c5)cc2n4-c2ccccc2)oc2ccccc23)cc1. The summed E-state index contributed by atoms with van der Waals surface area (Å²) in [6, 6.07) is 92.4. The maximum atomic E-state index is 7.02. The summed E-state index contributed by atoms with van der Waals surface area (Å²) >= 11 is 0. The van der Waals surface area contributed by atoms with Crippen LogP contribution in [-0.4, -0.2) is 4.57 Å². The van der Waals surface area contributed by atoms with Gasteiger partial charge in [-0.2, -0.15) is 0 Å². The van der Waals surface area contributed by atoms with Crippen molar-refractivity contribution >= 4 is 82.7 Å². The van der Waals surface area contributed by atoms with Crippen molar-refractivity contribution in [3.05, 3.63) is 277 Å². The van der Waals surface area contributed by atoms with E-state index >= 15 is 0 Å². The second kappa shape index (κ2) is 15.3. The molecule has 0 fully saturated rings. The summed E-state index contributed by atoms with van der Waals surface area (Å²) < 4.78 is 15.7. The van der Waals surface area contributed by atoms with Gasteiger partial charge in [0.2, 0.25) is 0 Å². The van der Waals surface area contributed by atoms with Crippen molar-refractivity contribution in [2.75, 3.05) is 4.90 Å². The van der Waals surface area contributed by atoms with Crippen LogP contribution in [0.25, 0.3) is 93.6 Å². The highest BCUT2D eigenvalue weighted by atomic mass is 16.3. The maximum Gasteiger partial charge on any atom is 0.139 e. The molecule has 0 spiro atoms. The molecule has 0 unspecified atom stereocenters. The molecule has 0 amide bonds. The molecule has 11 aromatic carbocycles. The molecule has 0 N–H and O–H groups in total. The van der Waals surface area contributed by atoms with Gasteiger partial charge >= 0.3 is 0 Å². The van der Waals surface area contributed by atoms with Crippen molar-refractivity contribution in [3.8, 4) is 27.9 Å². The first-order valence-corrected chi connectivity index (χ1v) is 24.3. The lowest BCUT2D eigenvalue weighted by Crippen LogP contribution is -2.28. The third-order valence-electron chi connectivity index (χ3n) is 15.0. The average molecular weight is 907 g/mol. The van der Waals surface area contributed by atoms with Gasteiger partial charge in [-0.05, 0) is 99.6 Å². The Morgan fingerprint density at radius 3 is 1.70 bits per heavy atom. The summed E-state index contributed by atoms with van der Waals surface area (Å²) in [6.07, 6.45) is 0. The first-order chi connectivity index (χ1) is 35.2. The van der Waals surface area contributed by atoms with Crippen LogP contribution in [0.5, 0.6) is 0 Å². The highest BCUT2D eigenvalue weighted by molar-refractivity contribution is 6.28. The zero-order valence-electron chi connectivity index (χ0n) is 38.5. The molecule has 0 atom stereocenters. The topological polar surface area (TPSA) is 34.5 Å². The minimum Gasteiger partial charge on any atom is -0.456 e. The summed E-state index contributed by atoms with van der Waals surface area (Å²) in [7, 11) is 0. The van der Waals surface area contributed by atoms with Crippen molar-refractivity contribution in [2.24, 2.45) is 0 Å². The number of aromatic nitrogens is 1. The number of hydrogen-bond donors (Lipinski definition) is 0. The predicted molar refractivity (Wildman–Crippen MR) is 293 cm³/mol. The molecule has 71 heavy (non-hydrogen) atoms. The van der Waals surface area contributed by atoms with Crippen LogP contribution in [0, 0.1) is 0 Å². The summed E-state index contributed by atoms with van der Waals surface area (Å²) in [5, 5.41) is 6.62. The molecule has 0 saturated carbocycles. The zero-order chi connectivity index (χ0) is 46.6. The number of para-hydroxylation sites is 4. The van der Waals surface area contributed by atoms with Gasteiger partial charge in [0.1, 0.15) is 22.3 Å². The third-order valence-corrected chi connectivity index (χ3v) is 15.0. The molecule has 1 aliphatic rings. The maximum absolute atomic E-state index is 7.02. The van der Waals surface area contributed by atoms with Crippen LogP contribution in [0.15, 0.2) is 264 Å². The van der Waals surface area contributed by atoms with Crippen molar-refractivity contribution in [1.29, 1.82) is 0 Å². The Morgan fingerprint density at radius 1 is 0.366 bits per heavy atom. The lowest BCUT2D eigenvalue weighted by molar-refractivity contribution is 0.668. The molecule has 3 aromatic heterocycles. The molecule has 0 saturated heterocycles. The van der Waals surface area contributed by atoms with Crippen molar-refractivity contribution in [3.63, 3.8) is 0 Å². The number of fused-ring (bicyclic) bond motifs is 12. The third kappa shape index (κ3) is 5.67. The smallest absolute Gasteiger partial charge is 0.139 e. The standard InChI is InChI=1S/C67H42N2O2/c1-5-20-45(21-6-1)67(46-22-7-2-8-23-46)54-31-16-13-29-50(54)63-55(67)32-19-33-56(63)69(48-26-11-4-12-27-48)66-64-51-38-36-44(43-37-39-61-53(40-43)49-28-14-17-34-59(49)70-61)41-57(51)68(47-24-9-3-10-25-47)58(64)42-62-65(66)52-30-15-18-35-60(52)71-62/h1-42H. The van der Waals surface area contributed by atoms with Crippen LogP contribution >= 0.6 is 0 Å². The van der Waals surface area contributed by atoms with Crippen LogP contribution in [0.4, 0.5) is 17.1 Å². The Morgan fingerprint density at radius 2 is 0.944 bits per heavy atom. The van der Waals surface area contributed by atoms with E-state index in [9.17, 15) is 0 Å². The highest BCUT2D eigenvalue weighted by Gasteiger charge is 2.47. The van der Waals surface area contributed by atoms with Gasteiger partial charge in [-0.1, -0.05) is 188 Å². The lowest BCUT2D eigenvalue weighted by atomic mass is 9.68. The van der Waals surface area contributed by atoms with E-state index in [2.05, 4.69) is 252 Å². The molecule has 1 aliphatic carbocycles. The van der Waals surface area contributed by atoms with Gasteiger partial charge in [0.25, 0.3) is 0 Å². The lowest BCUT2D eigenvalue weighted by Gasteiger charge is -2.34. The molecule has 0 bridgehead atoms. The Bertz CT molecular complexity index is 4360. The van der Waals surface area contributed by atoms with Gasteiger partial charge in [-0.25, -0.2) is 0 Å². The Labute approximate surface area is 409 Å². The molecule has 4 heteroatoms. The minimum absolute atomic E-state index is 0.581. The fourth-order valence-corrected chi connectivity index (χ4v) is 12.1. The van der Waals surface area contributed by atoms with Crippen LogP contribution < -0.4 is 4.90 Å². The zero-order valence-corrected chi connectivity index (χ0v) is 38.5. The number of hydrogen-bond acceptors (Lipinski definition) is 3. The first-order valence-electron chi connectivity index (χ1n) is 24.3. The van der Waals surface area contributed by atoms with E-state index in [4.69, 9.17) is 8.83 Å². The van der Waals surface area contributed by atoms with E-state index < -0.39 is 5.41 Å². The van der Waals surface area contributed by atoms with Crippen LogP contribution in [-0.2, 0) is 5.41 Å². The Hall–Kier alpha value is -9.38. The molecular formula is C67H42N2O2. The van der Waals surface area contributed by atoms with Crippen LogP contribution in [0.3, 0.4) is 0 Å². The number of benzene rings is 11. The fraction of sp³-hybridized carbons (Fsp3) is 0.0149. The molecule has 332 valence electrons. The molecule has 14 aromatic rings. The predicted octanol–water partition coefficient (Wildman–Crippen LogP) is 18.1. The number of nitrogens with zero attached hydrogens (tertiary/aromatic N) is 2. The molecule has 0 aliphatic heterocycles. The van der Waals surface area contributed by atoms with Crippen molar-refractivity contribution < 1.29 is 8.83 Å². The number of anilines is 3. The van der Waals surface area contributed by atoms with Gasteiger partial charge in [0, 0.05) is 49.9 Å².